The van der Waals surface area contributed by atoms with Crippen molar-refractivity contribution in [1.82, 2.24) is 9.21 Å². The van der Waals surface area contributed by atoms with E-state index >= 15 is 0 Å². The largest absolute Gasteiger partial charge is 0.379 e. The lowest BCUT2D eigenvalue weighted by Gasteiger charge is -2.28. The van der Waals surface area contributed by atoms with Gasteiger partial charge in [-0.3, -0.25) is 4.90 Å². The molecule has 1 saturated heterocycles. The summed E-state index contributed by atoms with van der Waals surface area (Å²) in [5.41, 5.74) is 1.87. The molecule has 0 amide bonds. The van der Waals surface area contributed by atoms with Gasteiger partial charge in [0.1, 0.15) is 0 Å². The van der Waals surface area contributed by atoms with Crippen LogP contribution in [-0.4, -0.2) is 64.1 Å². The van der Waals surface area contributed by atoms with Gasteiger partial charge in [0.15, 0.2) is 0 Å². The van der Waals surface area contributed by atoms with Crippen LogP contribution in [0.2, 0.25) is 0 Å². The summed E-state index contributed by atoms with van der Waals surface area (Å²) in [6.45, 7) is 8.25. The normalized spacial score (nSPS) is 17.3. The Kier molecular flexibility index (Phi) is 5.37. The van der Waals surface area contributed by atoms with E-state index in [0.717, 1.165) is 44.0 Å². The standard InChI is InChI=1S/C15H24N2O3S/c1-13-4-5-15(14(2)12-13)21(18,19)16(3)6-7-17-8-10-20-11-9-17/h4-5,12H,6-11H2,1-3H3. The molecule has 0 spiro atoms. The summed E-state index contributed by atoms with van der Waals surface area (Å²) in [7, 11) is -1.76. The number of ether oxygens (including phenoxy) is 1. The average molecular weight is 312 g/mol. The molecule has 1 heterocycles. The molecule has 0 aromatic heterocycles. The summed E-state index contributed by atoms with van der Waals surface area (Å²) in [6.07, 6.45) is 0. The molecular weight excluding hydrogens is 288 g/mol. The predicted octanol–water partition coefficient (Wildman–Crippen LogP) is 1.26. The van der Waals surface area contributed by atoms with Crippen LogP contribution in [0.15, 0.2) is 23.1 Å². The van der Waals surface area contributed by atoms with Crippen molar-refractivity contribution in [2.45, 2.75) is 18.7 Å². The third-order valence-corrected chi connectivity index (χ3v) is 5.87. The second kappa shape index (κ2) is 6.87. The van der Waals surface area contributed by atoms with E-state index in [2.05, 4.69) is 4.90 Å². The molecule has 1 aliphatic heterocycles. The Morgan fingerprint density at radius 1 is 1.24 bits per heavy atom. The lowest BCUT2D eigenvalue weighted by atomic mass is 10.2. The minimum Gasteiger partial charge on any atom is -0.379 e. The van der Waals surface area contributed by atoms with Crippen molar-refractivity contribution >= 4 is 10.0 Å². The molecule has 1 aromatic carbocycles. The van der Waals surface area contributed by atoms with Crippen LogP contribution in [0.4, 0.5) is 0 Å². The third kappa shape index (κ3) is 4.03. The Bertz CT molecular complexity index is 581. The summed E-state index contributed by atoms with van der Waals surface area (Å²) in [5, 5.41) is 0. The molecule has 1 aromatic rings. The Morgan fingerprint density at radius 3 is 2.52 bits per heavy atom. The maximum atomic E-state index is 12.6. The lowest BCUT2D eigenvalue weighted by molar-refractivity contribution is 0.0368. The molecular formula is C15H24N2O3S. The molecule has 0 saturated carbocycles. The first-order valence-corrected chi connectivity index (χ1v) is 8.69. The molecule has 118 valence electrons. The van der Waals surface area contributed by atoms with Gasteiger partial charge in [-0.1, -0.05) is 17.7 Å². The van der Waals surface area contributed by atoms with E-state index < -0.39 is 10.0 Å². The smallest absolute Gasteiger partial charge is 0.243 e. The molecule has 0 unspecified atom stereocenters. The van der Waals surface area contributed by atoms with Gasteiger partial charge in [-0.05, 0) is 25.5 Å². The van der Waals surface area contributed by atoms with E-state index in [1.165, 1.54) is 4.31 Å². The van der Waals surface area contributed by atoms with Gasteiger partial charge in [0.2, 0.25) is 10.0 Å². The highest BCUT2D eigenvalue weighted by Gasteiger charge is 2.23. The Balaban J connectivity index is 2.04. The zero-order valence-electron chi connectivity index (χ0n) is 13.0. The minimum absolute atomic E-state index is 0.401. The molecule has 21 heavy (non-hydrogen) atoms. The summed E-state index contributed by atoms with van der Waals surface area (Å²) in [4.78, 5) is 2.63. The number of rotatable bonds is 5. The molecule has 1 aliphatic rings. The van der Waals surface area contributed by atoms with Crippen LogP contribution in [-0.2, 0) is 14.8 Å². The Labute approximate surface area is 127 Å². The Hall–Kier alpha value is -0.950. The fraction of sp³-hybridized carbons (Fsp3) is 0.600. The van der Waals surface area contributed by atoms with Gasteiger partial charge in [-0.2, -0.15) is 4.31 Å². The van der Waals surface area contributed by atoms with Gasteiger partial charge in [0.25, 0.3) is 0 Å². The molecule has 0 radical (unpaired) electrons. The van der Waals surface area contributed by atoms with Crippen molar-refractivity contribution in [3.8, 4) is 0 Å². The number of aryl methyl sites for hydroxylation is 2. The van der Waals surface area contributed by atoms with E-state index in [4.69, 9.17) is 4.74 Å². The van der Waals surface area contributed by atoms with Crippen LogP contribution >= 0.6 is 0 Å². The minimum atomic E-state index is -3.41. The molecule has 0 aliphatic carbocycles. The number of hydrogen-bond donors (Lipinski definition) is 0. The third-order valence-electron chi connectivity index (χ3n) is 3.85. The van der Waals surface area contributed by atoms with Gasteiger partial charge >= 0.3 is 0 Å². The van der Waals surface area contributed by atoms with Gasteiger partial charge in [0, 0.05) is 33.2 Å². The first kappa shape index (κ1) is 16.4. The highest BCUT2D eigenvalue weighted by atomic mass is 32.2. The van der Waals surface area contributed by atoms with Crippen LogP contribution in [0.5, 0.6) is 0 Å². The zero-order valence-corrected chi connectivity index (χ0v) is 13.8. The summed E-state index contributed by atoms with van der Waals surface area (Å²) in [6, 6.07) is 5.45. The number of morpholine rings is 1. The van der Waals surface area contributed by atoms with Gasteiger partial charge < -0.3 is 4.74 Å². The second-order valence-corrected chi connectivity index (χ2v) is 7.56. The van der Waals surface area contributed by atoms with Crippen LogP contribution in [0, 0.1) is 13.8 Å². The first-order chi connectivity index (χ1) is 9.91. The molecule has 2 rings (SSSR count). The quantitative estimate of drug-likeness (QED) is 0.821. The van der Waals surface area contributed by atoms with Crippen molar-refractivity contribution in [2.24, 2.45) is 0 Å². The highest BCUT2D eigenvalue weighted by Crippen LogP contribution is 2.19. The molecule has 0 N–H and O–H groups in total. The van der Waals surface area contributed by atoms with E-state index in [1.54, 1.807) is 13.1 Å². The number of benzene rings is 1. The van der Waals surface area contributed by atoms with Crippen molar-refractivity contribution in [1.29, 1.82) is 0 Å². The van der Waals surface area contributed by atoms with Gasteiger partial charge in [0.05, 0.1) is 18.1 Å². The zero-order chi connectivity index (χ0) is 15.5. The monoisotopic (exact) mass is 312 g/mol. The summed E-state index contributed by atoms with van der Waals surface area (Å²) < 4.78 is 32.0. The predicted molar refractivity (Wildman–Crippen MR) is 83.0 cm³/mol. The molecule has 0 bridgehead atoms. The lowest BCUT2D eigenvalue weighted by Crippen LogP contribution is -2.42. The molecule has 0 atom stereocenters. The average Bonchev–Trinajstić information content (AvgIpc) is 2.45. The fourth-order valence-corrected chi connectivity index (χ4v) is 3.85. The van der Waals surface area contributed by atoms with Crippen LogP contribution < -0.4 is 0 Å². The number of sulfonamides is 1. The summed E-state index contributed by atoms with van der Waals surface area (Å²) >= 11 is 0. The van der Waals surface area contributed by atoms with Crippen LogP contribution in [0.3, 0.4) is 0 Å². The van der Waals surface area contributed by atoms with E-state index in [0.29, 0.717) is 11.4 Å². The van der Waals surface area contributed by atoms with Gasteiger partial charge in [-0.25, -0.2) is 8.42 Å². The van der Waals surface area contributed by atoms with E-state index in [-0.39, 0.29) is 0 Å². The van der Waals surface area contributed by atoms with E-state index in [9.17, 15) is 8.42 Å². The first-order valence-electron chi connectivity index (χ1n) is 7.25. The van der Waals surface area contributed by atoms with Crippen molar-refractivity contribution in [3.05, 3.63) is 29.3 Å². The van der Waals surface area contributed by atoms with Crippen molar-refractivity contribution in [2.75, 3.05) is 46.4 Å². The summed E-state index contributed by atoms with van der Waals surface area (Å²) in [5.74, 6) is 0. The second-order valence-electron chi connectivity index (χ2n) is 5.55. The SMILES string of the molecule is Cc1ccc(S(=O)(=O)N(C)CCN2CCOCC2)c(C)c1. The molecule has 6 heteroatoms. The number of hydrogen-bond acceptors (Lipinski definition) is 4. The van der Waals surface area contributed by atoms with Gasteiger partial charge in [-0.15, -0.1) is 0 Å². The van der Waals surface area contributed by atoms with Crippen LogP contribution in [0.1, 0.15) is 11.1 Å². The number of likely N-dealkylation sites (N-methyl/N-ethyl adjacent to an activating group) is 1. The molecule has 5 nitrogen and oxygen atoms in total. The van der Waals surface area contributed by atoms with E-state index in [1.807, 2.05) is 26.0 Å². The van der Waals surface area contributed by atoms with Crippen molar-refractivity contribution < 1.29 is 13.2 Å². The maximum absolute atomic E-state index is 12.6. The number of nitrogens with zero attached hydrogens (tertiary/aromatic N) is 2. The fourth-order valence-electron chi connectivity index (χ4n) is 2.48. The molecule has 1 fully saturated rings. The van der Waals surface area contributed by atoms with Crippen LogP contribution in [0.25, 0.3) is 0 Å². The Morgan fingerprint density at radius 2 is 1.90 bits per heavy atom. The maximum Gasteiger partial charge on any atom is 0.243 e. The topological polar surface area (TPSA) is 49.9 Å². The van der Waals surface area contributed by atoms with Crippen molar-refractivity contribution in [3.63, 3.8) is 0 Å². The highest BCUT2D eigenvalue weighted by molar-refractivity contribution is 7.89.